The molecule has 0 aromatic heterocycles. The highest BCUT2D eigenvalue weighted by Gasteiger charge is 1.96. The Kier molecular flexibility index (Phi) is 5.49. The molecule has 0 aliphatic heterocycles. The molecule has 10 heavy (non-hydrogen) atoms. The SMILES string of the molecule is CCN=C(NC(C)C)SC. The van der Waals surface area contributed by atoms with Crippen molar-refractivity contribution in [3.8, 4) is 0 Å². The van der Waals surface area contributed by atoms with Crippen LogP contribution in [0.4, 0.5) is 0 Å². The summed E-state index contributed by atoms with van der Waals surface area (Å²) in [6, 6.07) is 0.484. The van der Waals surface area contributed by atoms with Crippen molar-refractivity contribution in [2.24, 2.45) is 4.99 Å². The van der Waals surface area contributed by atoms with Crippen LogP contribution in [0.3, 0.4) is 0 Å². The first-order valence-electron chi connectivity index (χ1n) is 3.55. The molecule has 0 aromatic carbocycles. The quantitative estimate of drug-likeness (QED) is 0.491. The smallest absolute Gasteiger partial charge is 0.156 e. The van der Waals surface area contributed by atoms with Gasteiger partial charge >= 0.3 is 0 Å². The number of aliphatic imine (C=N–C) groups is 1. The lowest BCUT2D eigenvalue weighted by Gasteiger charge is -2.09. The summed E-state index contributed by atoms with van der Waals surface area (Å²) in [5.74, 6) is 0. The second-order valence-electron chi connectivity index (χ2n) is 2.28. The summed E-state index contributed by atoms with van der Waals surface area (Å²) in [7, 11) is 0. The van der Waals surface area contributed by atoms with Crippen LogP contribution in [0.15, 0.2) is 4.99 Å². The number of thioether (sulfide) groups is 1. The van der Waals surface area contributed by atoms with Crippen LogP contribution in [0.25, 0.3) is 0 Å². The van der Waals surface area contributed by atoms with E-state index in [1.54, 1.807) is 11.8 Å². The van der Waals surface area contributed by atoms with Gasteiger partial charge in [0.15, 0.2) is 5.17 Å². The van der Waals surface area contributed by atoms with Crippen molar-refractivity contribution in [3.05, 3.63) is 0 Å². The summed E-state index contributed by atoms with van der Waals surface area (Å²) >= 11 is 1.66. The zero-order valence-corrected chi connectivity index (χ0v) is 7.96. The van der Waals surface area contributed by atoms with Gasteiger partial charge in [-0.25, -0.2) is 0 Å². The van der Waals surface area contributed by atoms with Crippen LogP contribution < -0.4 is 5.32 Å². The van der Waals surface area contributed by atoms with Gasteiger partial charge in [-0.1, -0.05) is 11.8 Å². The molecule has 3 heteroatoms. The number of hydrogen-bond acceptors (Lipinski definition) is 2. The Morgan fingerprint density at radius 3 is 2.50 bits per heavy atom. The molecule has 0 aliphatic rings. The van der Waals surface area contributed by atoms with Gasteiger partial charge in [0.1, 0.15) is 0 Å². The molecule has 0 fully saturated rings. The Labute approximate surface area is 67.5 Å². The average molecular weight is 160 g/mol. The molecule has 0 rings (SSSR count). The normalized spacial score (nSPS) is 12.3. The summed E-state index contributed by atoms with van der Waals surface area (Å²) < 4.78 is 0. The molecule has 0 saturated heterocycles. The summed E-state index contributed by atoms with van der Waals surface area (Å²) in [5.41, 5.74) is 0. The van der Waals surface area contributed by atoms with Crippen LogP contribution >= 0.6 is 11.8 Å². The molecule has 0 spiro atoms. The van der Waals surface area contributed by atoms with Crippen molar-refractivity contribution in [1.29, 1.82) is 0 Å². The monoisotopic (exact) mass is 160 g/mol. The van der Waals surface area contributed by atoms with Crippen LogP contribution in [-0.4, -0.2) is 24.0 Å². The molecule has 60 valence electrons. The van der Waals surface area contributed by atoms with E-state index in [4.69, 9.17) is 0 Å². The predicted molar refractivity (Wildman–Crippen MR) is 49.8 cm³/mol. The number of hydrogen-bond donors (Lipinski definition) is 1. The summed E-state index contributed by atoms with van der Waals surface area (Å²) in [6.45, 7) is 7.12. The minimum Gasteiger partial charge on any atom is -0.363 e. The molecule has 0 amide bonds. The highest BCUT2D eigenvalue weighted by Crippen LogP contribution is 1.95. The van der Waals surface area contributed by atoms with Gasteiger partial charge in [-0.05, 0) is 27.0 Å². The van der Waals surface area contributed by atoms with E-state index in [0.717, 1.165) is 11.7 Å². The Morgan fingerprint density at radius 2 is 2.20 bits per heavy atom. The average Bonchev–Trinajstić information content (AvgIpc) is 1.86. The molecule has 2 nitrogen and oxygen atoms in total. The van der Waals surface area contributed by atoms with Crippen molar-refractivity contribution in [3.63, 3.8) is 0 Å². The molecule has 1 N–H and O–H groups in total. The number of nitrogens with one attached hydrogen (secondary N) is 1. The Hall–Kier alpha value is -0.180. The standard InChI is InChI=1S/C7H16N2S/c1-5-8-7(10-4)9-6(2)3/h6H,5H2,1-4H3,(H,8,9). The summed E-state index contributed by atoms with van der Waals surface area (Å²) in [4.78, 5) is 4.25. The third kappa shape index (κ3) is 4.68. The van der Waals surface area contributed by atoms with Gasteiger partial charge in [0.25, 0.3) is 0 Å². The minimum absolute atomic E-state index is 0.484. The molecule has 0 atom stereocenters. The van der Waals surface area contributed by atoms with Crippen LogP contribution in [0.1, 0.15) is 20.8 Å². The fraction of sp³-hybridized carbons (Fsp3) is 0.857. The van der Waals surface area contributed by atoms with Gasteiger partial charge in [0, 0.05) is 12.6 Å². The summed E-state index contributed by atoms with van der Waals surface area (Å²) in [6.07, 6.45) is 2.03. The predicted octanol–water partition coefficient (Wildman–Crippen LogP) is 1.72. The lowest BCUT2D eigenvalue weighted by atomic mass is 10.4. The van der Waals surface area contributed by atoms with E-state index in [1.165, 1.54) is 0 Å². The maximum Gasteiger partial charge on any atom is 0.156 e. The third-order valence-corrected chi connectivity index (χ3v) is 1.54. The molecule has 0 aliphatic carbocycles. The minimum atomic E-state index is 0.484. The van der Waals surface area contributed by atoms with Gasteiger partial charge in [-0.15, -0.1) is 0 Å². The van der Waals surface area contributed by atoms with E-state index >= 15 is 0 Å². The zero-order chi connectivity index (χ0) is 7.98. The van der Waals surface area contributed by atoms with Crippen molar-refractivity contribution in [2.45, 2.75) is 26.8 Å². The van der Waals surface area contributed by atoms with Crippen molar-refractivity contribution in [2.75, 3.05) is 12.8 Å². The number of rotatable bonds is 2. The fourth-order valence-electron chi connectivity index (χ4n) is 0.560. The van der Waals surface area contributed by atoms with Gasteiger partial charge in [-0.2, -0.15) is 0 Å². The Bertz CT molecular complexity index is 110. The zero-order valence-electron chi connectivity index (χ0n) is 7.14. The first-order chi connectivity index (χ1) is 4.70. The molecule has 0 saturated carbocycles. The molecular formula is C7H16N2S. The summed E-state index contributed by atoms with van der Waals surface area (Å²) in [5, 5.41) is 4.28. The van der Waals surface area contributed by atoms with Gasteiger partial charge < -0.3 is 5.32 Å². The Morgan fingerprint density at radius 1 is 1.60 bits per heavy atom. The molecule has 0 aromatic rings. The van der Waals surface area contributed by atoms with E-state index in [9.17, 15) is 0 Å². The topological polar surface area (TPSA) is 24.4 Å². The molecule has 0 bridgehead atoms. The lowest BCUT2D eigenvalue weighted by molar-refractivity contribution is 0.738. The van der Waals surface area contributed by atoms with Gasteiger partial charge in [-0.3, -0.25) is 4.99 Å². The van der Waals surface area contributed by atoms with E-state index in [0.29, 0.717) is 6.04 Å². The first-order valence-corrected chi connectivity index (χ1v) is 4.78. The highest BCUT2D eigenvalue weighted by molar-refractivity contribution is 8.13. The maximum atomic E-state index is 4.25. The second kappa shape index (κ2) is 5.59. The van der Waals surface area contributed by atoms with Crippen molar-refractivity contribution < 1.29 is 0 Å². The van der Waals surface area contributed by atoms with Crippen LogP contribution in [0.2, 0.25) is 0 Å². The van der Waals surface area contributed by atoms with Crippen LogP contribution in [0, 0.1) is 0 Å². The maximum absolute atomic E-state index is 4.25. The van der Waals surface area contributed by atoms with Crippen LogP contribution in [-0.2, 0) is 0 Å². The molecule has 0 unspecified atom stereocenters. The first kappa shape index (κ1) is 9.82. The third-order valence-electron chi connectivity index (χ3n) is 0.907. The fourth-order valence-corrected chi connectivity index (χ4v) is 1.17. The molecular weight excluding hydrogens is 144 g/mol. The van der Waals surface area contributed by atoms with Crippen molar-refractivity contribution >= 4 is 16.9 Å². The lowest BCUT2D eigenvalue weighted by Crippen LogP contribution is -2.27. The number of amidine groups is 1. The van der Waals surface area contributed by atoms with E-state index in [1.807, 2.05) is 13.2 Å². The highest BCUT2D eigenvalue weighted by atomic mass is 32.2. The van der Waals surface area contributed by atoms with Crippen LogP contribution in [0.5, 0.6) is 0 Å². The van der Waals surface area contributed by atoms with E-state index in [-0.39, 0.29) is 0 Å². The van der Waals surface area contributed by atoms with Crippen molar-refractivity contribution in [1.82, 2.24) is 5.32 Å². The molecule has 0 heterocycles. The second-order valence-corrected chi connectivity index (χ2v) is 3.08. The largest absolute Gasteiger partial charge is 0.363 e. The number of nitrogens with zero attached hydrogens (tertiary/aromatic N) is 1. The molecule has 0 radical (unpaired) electrons. The van der Waals surface area contributed by atoms with E-state index < -0.39 is 0 Å². The van der Waals surface area contributed by atoms with E-state index in [2.05, 4.69) is 24.2 Å². The Balaban J connectivity index is 3.71. The van der Waals surface area contributed by atoms with Gasteiger partial charge in [0.2, 0.25) is 0 Å². The van der Waals surface area contributed by atoms with Gasteiger partial charge in [0.05, 0.1) is 0 Å².